The lowest BCUT2D eigenvalue weighted by molar-refractivity contribution is 0.305. The summed E-state index contributed by atoms with van der Waals surface area (Å²) in [5.41, 5.74) is 2.16. The third-order valence-corrected chi connectivity index (χ3v) is 10.3. The van der Waals surface area contributed by atoms with E-state index in [4.69, 9.17) is 0 Å². The van der Waals surface area contributed by atoms with Crippen LogP contribution < -0.4 is 14.8 Å². The highest BCUT2D eigenvalue weighted by Crippen LogP contribution is 2.28. The molecule has 1 saturated carbocycles. The molecule has 0 aromatic heterocycles. The highest BCUT2D eigenvalue weighted by atomic mass is 32.2. The Balaban J connectivity index is 1.39. The number of anilines is 2. The van der Waals surface area contributed by atoms with Crippen LogP contribution in [0.4, 0.5) is 11.4 Å². The van der Waals surface area contributed by atoms with E-state index in [1.165, 1.54) is 80.6 Å². The van der Waals surface area contributed by atoms with Crippen LogP contribution in [-0.4, -0.2) is 22.9 Å². The predicted octanol–water partition coefficient (Wildman–Crippen LogP) is 6.56. The topological polar surface area (TPSA) is 134 Å². The molecular formula is C30H38N4O5S2. The normalized spacial score (nSPS) is 16.0. The number of benzene rings is 3. The average molecular weight is 599 g/mol. The Bertz CT molecular complexity index is 1520. The van der Waals surface area contributed by atoms with Gasteiger partial charge in [0.05, 0.1) is 15.5 Å². The van der Waals surface area contributed by atoms with Crippen LogP contribution in [0.3, 0.4) is 0 Å². The minimum atomic E-state index is -3.92. The Morgan fingerprint density at radius 1 is 0.780 bits per heavy atom. The van der Waals surface area contributed by atoms with Crippen molar-refractivity contribution in [2.45, 2.75) is 80.8 Å². The number of rotatable bonds is 13. The highest BCUT2D eigenvalue weighted by molar-refractivity contribution is 7.93. The van der Waals surface area contributed by atoms with Gasteiger partial charge in [-0.1, -0.05) is 67.6 Å². The van der Waals surface area contributed by atoms with Crippen molar-refractivity contribution in [3.05, 3.63) is 88.8 Å². The van der Waals surface area contributed by atoms with Crippen LogP contribution in [0.15, 0.2) is 87.8 Å². The van der Waals surface area contributed by atoms with E-state index in [1.54, 1.807) is 19.1 Å². The van der Waals surface area contributed by atoms with Gasteiger partial charge in [0.15, 0.2) is 0 Å². The van der Waals surface area contributed by atoms with Gasteiger partial charge in [-0.05, 0) is 79.8 Å². The molecule has 9 nitrogen and oxygen atoms in total. The minimum absolute atomic E-state index is 0.00794. The molecule has 4 rings (SSSR count). The van der Waals surface area contributed by atoms with Crippen LogP contribution >= 0.6 is 0 Å². The van der Waals surface area contributed by atoms with Crippen LogP contribution in [0.1, 0.15) is 69.5 Å². The summed E-state index contributed by atoms with van der Waals surface area (Å²) in [6, 6.07) is 18.4. The predicted molar refractivity (Wildman–Crippen MR) is 163 cm³/mol. The third kappa shape index (κ3) is 8.37. The van der Waals surface area contributed by atoms with Gasteiger partial charge < -0.3 is 5.32 Å². The smallest absolute Gasteiger partial charge is 0.261 e. The Labute approximate surface area is 243 Å². The van der Waals surface area contributed by atoms with E-state index in [0.717, 1.165) is 17.9 Å². The summed E-state index contributed by atoms with van der Waals surface area (Å²) in [6.07, 6.45) is 7.64. The van der Waals surface area contributed by atoms with Gasteiger partial charge >= 0.3 is 0 Å². The van der Waals surface area contributed by atoms with Crippen molar-refractivity contribution in [2.24, 2.45) is 11.1 Å². The maximum atomic E-state index is 13.2. The average Bonchev–Trinajstić information content (AvgIpc) is 2.97. The Morgan fingerprint density at radius 2 is 1.37 bits per heavy atom. The van der Waals surface area contributed by atoms with Gasteiger partial charge in [0.2, 0.25) is 0 Å². The van der Waals surface area contributed by atoms with E-state index in [0.29, 0.717) is 23.8 Å². The second-order valence-electron chi connectivity index (χ2n) is 10.8. The summed E-state index contributed by atoms with van der Waals surface area (Å²) in [7, 11) is -7.83. The molecule has 0 saturated heterocycles. The lowest BCUT2D eigenvalue weighted by Crippen LogP contribution is -2.29. The second kappa shape index (κ2) is 13.6. The zero-order valence-corrected chi connectivity index (χ0v) is 25.0. The molecule has 41 heavy (non-hydrogen) atoms. The molecule has 220 valence electrons. The third-order valence-electron chi connectivity index (χ3n) is 7.56. The van der Waals surface area contributed by atoms with Gasteiger partial charge in [-0.2, -0.15) is 4.91 Å². The molecule has 0 radical (unpaired) electrons. The molecule has 0 aliphatic heterocycles. The van der Waals surface area contributed by atoms with Gasteiger partial charge in [-0.15, -0.1) is 0 Å². The van der Waals surface area contributed by atoms with Crippen molar-refractivity contribution in [2.75, 3.05) is 9.44 Å². The molecule has 1 unspecified atom stereocenters. The molecule has 0 amide bonds. The summed E-state index contributed by atoms with van der Waals surface area (Å²) >= 11 is 0. The fourth-order valence-corrected chi connectivity index (χ4v) is 7.33. The molecule has 3 aromatic carbocycles. The van der Waals surface area contributed by atoms with Crippen molar-refractivity contribution < 1.29 is 16.8 Å². The maximum Gasteiger partial charge on any atom is 0.261 e. The van der Waals surface area contributed by atoms with E-state index >= 15 is 0 Å². The van der Waals surface area contributed by atoms with Crippen molar-refractivity contribution in [3.63, 3.8) is 0 Å². The van der Waals surface area contributed by atoms with Gasteiger partial charge in [0.1, 0.15) is 6.04 Å². The van der Waals surface area contributed by atoms with Crippen molar-refractivity contribution in [3.8, 4) is 0 Å². The summed E-state index contributed by atoms with van der Waals surface area (Å²) in [4.78, 5) is 10.7. The molecule has 2 atom stereocenters. The van der Waals surface area contributed by atoms with Crippen LogP contribution in [-0.2, 0) is 26.6 Å². The van der Waals surface area contributed by atoms with Gasteiger partial charge in [0.25, 0.3) is 20.0 Å². The van der Waals surface area contributed by atoms with Crippen molar-refractivity contribution in [1.82, 2.24) is 5.32 Å². The number of hydrogen-bond donors (Lipinski definition) is 3. The first-order valence-electron chi connectivity index (χ1n) is 14.0. The first-order valence-corrected chi connectivity index (χ1v) is 16.9. The number of sulfonamides is 2. The standard InChI is InChI=1S/C30H38N4O5S2/c1-22(20-24-8-4-3-5-9-24)31-21-26-10-6-7-11-30(26)34-41(38,39)29-18-14-27(15-19-29)33-40(36,37)28-16-12-25(13-17-28)23(2)32-35/h6-7,10-19,22-24,31,33-34H,3-5,8-9,20-21H2,1-2H3/t22-,23?/m0/s1. The minimum Gasteiger partial charge on any atom is -0.310 e. The number of nitroso groups, excluding NO2 is 1. The molecule has 1 aliphatic rings. The number of para-hydroxylation sites is 1. The van der Waals surface area contributed by atoms with Crippen molar-refractivity contribution >= 4 is 31.4 Å². The van der Waals surface area contributed by atoms with E-state index in [2.05, 4.69) is 26.9 Å². The molecule has 0 heterocycles. The summed E-state index contributed by atoms with van der Waals surface area (Å²) in [6.45, 7) is 4.34. The van der Waals surface area contributed by atoms with Crippen molar-refractivity contribution in [1.29, 1.82) is 0 Å². The lowest BCUT2D eigenvalue weighted by Gasteiger charge is -2.25. The van der Waals surface area contributed by atoms with Crippen LogP contribution in [0.2, 0.25) is 0 Å². The molecular weight excluding hydrogens is 560 g/mol. The number of hydrogen-bond acceptors (Lipinski definition) is 7. The van der Waals surface area contributed by atoms with Gasteiger partial charge in [0, 0.05) is 18.3 Å². The largest absolute Gasteiger partial charge is 0.310 e. The molecule has 11 heteroatoms. The zero-order valence-electron chi connectivity index (χ0n) is 23.4. The van der Waals surface area contributed by atoms with Gasteiger partial charge in [-0.3, -0.25) is 9.44 Å². The fourth-order valence-electron chi connectivity index (χ4n) is 5.17. The highest BCUT2D eigenvalue weighted by Gasteiger charge is 2.20. The zero-order chi connectivity index (χ0) is 29.5. The monoisotopic (exact) mass is 598 g/mol. The summed E-state index contributed by atoms with van der Waals surface area (Å²) in [5, 5.41) is 6.49. The Kier molecular flexibility index (Phi) is 10.2. The van der Waals surface area contributed by atoms with E-state index < -0.39 is 26.1 Å². The molecule has 0 spiro atoms. The SMILES string of the molecule is CC(N=O)c1ccc(S(=O)(=O)Nc2ccc(S(=O)(=O)Nc3ccccc3CN[C@@H](C)CC3CCCCC3)cc2)cc1. The first-order chi connectivity index (χ1) is 19.6. The molecule has 3 aromatic rings. The maximum absolute atomic E-state index is 13.2. The Morgan fingerprint density at radius 3 is 2.00 bits per heavy atom. The summed E-state index contributed by atoms with van der Waals surface area (Å²) < 4.78 is 57.1. The quantitative estimate of drug-likeness (QED) is 0.191. The van der Waals surface area contributed by atoms with E-state index in [-0.39, 0.29) is 15.5 Å². The van der Waals surface area contributed by atoms with E-state index in [9.17, 15) is 21.7 Å². The number of nitrogens with one attached hydrogen (secondary N) is 3. The van der Waals surface area contributed by atoms with Crippen LogP contribution in [0, 0.1) is 10.8 Å². The molecule has 1 fully saturated rings. The number of nitrogens with zero attached hydrogens (tertiary/aromatic N) is 1. The summed E-state index contributed by atoms with van der Waals surface area (Å²) in [5.74, 6) is 0.753. The molecule has 3 N–H and O–H groups in total. The van der Waals surface area contributed by atoms with Crippen LogP contribution in [0.5, 0.6) is 0 Å². The van der Waals surface area contributed by atoms with E-state index in [1.807, 2.05) is 12.1 Å². The first kappa shape index (κ1) is 30.7. The Hall–Kier alpha value is -3.28. The van der Waals surface area contributed by atoms with Crippen LogP contribution in [0.25, 0.3) is 0 Å². The fraction of sp³-hybridized carbons (Fsp3) is 0.400. The lowest BCUT2D eigenvalue weighted by atomic mass is 9.85. The molecule has 0 bridgehead atoms. The molecule has 1 aliphatic carbocycles. The van der Waals surface area contributed by atoms with Gasteiger partial charge in [-0.25, -0.2) is 16.8 Å². The second-order valence-corrected chi connectivity index (χ2v) is 14.1.